The number of esters is 1. The van der Waals surface area contributed by atoms with Crippen molar-refractivity contribution in [2.45, 2.75) is 13.8 Å². The Morgan fingerprint density at radius 1 is 1.41 bits per heavy atom. The summed E-state index contributed by atoms with van der Waals surface area (Å²) in [7, 11) is 5.06. The zero-order chi connectivity index (χ0) is 13.3. The lowest BCUT2D eigenvalue weighted by atomic mass is 10.1. The van der Waals surface area contributed by atoms with E-state index in [1.807, 2.05) is 34.0 Å². The second-order valence-corrected chi connectivity index (χ2v) is 3.24. The van der Waals surface area contributed by atoms with Gasteiger partial charge in [-0.25, -0.2) is 4.79 Å². The summed E-state index contributed by atoms with van der Waals surface area (Å²) in [6.07, 6.45) is 5.00. The predicted octanol–water partition coefficient (Wildman–Crippen LogP) is 2.18. The molecule has 0 aliphatic heterocycles. The van der Waals surface area contributed by atoms with Crippen LogP contribution in [0.4, 0.5) is 0 Å². The SMILES string of the molecule is CC.COC(=O)/C(=C\N(C)C)c1cccnc1. The van der Waals surface area contributed by atoms with Crippen LogP contribution in [0.1, 0.15) is 19.4 Å². The first-order chi connectivity index (χ1) is 8.15. The Balaban J connectivity index is 0.00000121. The van der Waals surface area contributed by atoms with Gasteiger partial charge in [0.25, 0.3) is 0 Å². The smallest absolute Gasteiger partial charge is 0.340 e. The number of rotatable bonds is 3. The molecule has 0 spiro atoms. The molecule has 0 radical (unpaired) electrons. The van der Waals surface area contributed by atoms with Crippen molar-refractivity contribution in [3.05, 3.63) is 36.3 Å². The van der Waals surface area contributed by atoms with Crippen LogP contribution in [0.15, 0.2) is 30.7 Å². The first-order valence-corrected chi connectivity index (χ1v) is 5.52. The maximum Gasteiger partial charge on any atom is 0.340 e. The quantitative estimate of drug-likeness (QED) is 0.596. The number of pyridine rings is 1. The van der Waals surface area contributed by atoms with E-state index in [1.165, 1.54) is 7.11 Å². The van der Waals surface area contributed by atoms with E-state index in [4.69, 9.17) is 4.74 Å². The zero-order valence-electron chi connectivity index (χ0n) is 11.1. The van der Waals surface area contributed by atoms with Gasteiger partial charge >= 0.3 is 5.97 Å². The van der Waals surface area contributed by atoms with Gasteiger partial charge in [-0.15, -0.1) is 0 Å². The van der Waals surface area contributed by atoms with Gasteiger partial charge in [0.15, 0.2) is 0 Å². The Bertz CT molecular complexity index is 359. The van der Waals surface area contributed by atoms with Crippen molar-refractivity contribution < 1.29 is 9.53 Å². The molecule has 0 bridgehead atoms. The third kappa shape index (κ3) is 5.15. The number of methoxy groups -OCH3 is 1. The highest BCUT2D eigenvalue weighted by molar-refractivity contribution is 6.16. The summed E-state index contributed by atoms with van der Waals surface area (Å²) in [5.74, 6) is -0.364. The fourth-order valence-corrected chi connectivity index (χ4v) is 1.14. The number of carbonyl (C=O) groups excluding carboxylic acids is 1. The summed E-state index contributed by atoms with van der Waals surface area (Å²) in [5, 5.41) is 0. The zero-order valence-corrected chi connectivity index (χ0v) is 11.1. The first kappa shape index (κ1) is 15.2. The van der Waals surface area contributed by atoms with Crippen LogP contribution in [0.5, 0.6) is 0 Å². The first-order valence-electron chi connectivity index (χ1n) is 5.52. The molecule has 1 aromatic rings. The molecule has 0 saturated heterocycles. The van der Waals surface area contributed by atoms with Crippen molar-refractivity contribution in [1.82, 2.24) is 9.88 Å². The maximum atomic E-state index is 11.5. The third-order valence-corrected chi connectivity index (χ3v) is 1.77. The van der Waals surface area contributed by atoms with E-state index in [9.17, 15) is 4.79 Å². The standard InChI is InChI=1S/C11H14N2O2.C2H6/c1-13(2)8-10(11(14)15-3)9-5-4-6-12-7-9;1-2/h4-8H,1-3H3;1-2H3/b10-8-;. The molecule has 4 heteroatoms. The lowest BCUT2D eigenvalue weighted by molar-refractivity contribution is -0.133. The monoisotopic (exact) mass is 236 g/mol. The number of aromatic nitrogens is 1. The van der Waals surface area contributed by atoms with Crippen molar-refractivity contribution in [3.8, 4) is 0 Å². The Hall–Kier alpha value is -1.84. The van der Waals surface area contributed by atoms with Gasteiger partial charge in [0.05, 0.1) is 12.7 Å². The third-order valence-electron chi connectivity index (χ3n) is 1.77. The summed E-state index contributed by atoms with van der Waals surface area (Å²) in [4.78, 5) is 17.3. The van der Waals surface area contributed by atoms with Crippen LogP contribution in [0.25, 0.3) is 5.57 Å². The molecule has 1 aromatic heterocycles. The Kier molecular flexibility index (Phi) is 7.43. The molecule has 1 rings (SSSR count). The van der Waals surface area contributed by atoms with Crippen LogP contribution in [0.2, 0.25) is 0 Å². The highest BCUT2D eigenvalue weighted by atomic mass is 16.5. The number of carbonyl (C=O) groups is 1. The Morgan fingerprint density at radius 2 is 2.06 bits per heavy atom. The van der Waals surface area contributed by atoms with E-state index in [0.29, 0.717) is 5.57 Å². The molecular formula is C13H20N2O2. The van der Waals surface area contributed by atoms with E-state index in [-0.39, 0.29) is 5.97 Å². The number of hydrogen-bond acceptors (Lipinski definition) is 4. The Morgan fingerprint density at radius 3 is 2.47 bits per heavy atom. The molecule has 0 aromatic carbocycles. The second kappa shape index (κ2) is 8.33. The van der Waals surface area contributed by atoms with Gasteiger partial charge in [-0.2, -0.15) is 0 Å². The Labute approximate surface area is 103 Å². The van der Waals surface area contributed by atoms with Gasteiger partial charge in [-0.05, 0) is 6.07 Å². The van der Waals surface area contributed by atoms with Crippen molar-refractivity contribution >= 4 is 11.5 Å². The minimum absolute atomic E-state index is 0.364. The highest BCUT2D eigenvalue weighted by Crippen LogP contribution is 2.14. The minimum Gasteiger partial charge on any atom is -0.465 e. The average molecular weight is 236 g/mol. The van der Waals surface area contributed by atoms with Crippen molar-refractivity contribution in [2.75, 3.05) is 21.2 Å². The molecule has 0 amide bonds. The van der Waals surface area contributed by atoms with Gasteiger partial charge in [0.1, 0.15) is 0 Å². The van der Waals surface area contributed by atoms with Crippen molar-refractivity contribution in [2.24, 2.45) is 0 Å². The number of hydrogen-bond donors (Lipinski definition) is 0. The molecular weight excluding hydrogens is 216 g/mol. The molecule has 1 heterocycles. The molecule has 94 valence electrons. The number of nitrogens with zero attached hydrogens (tertiary/aromatic N) is 2. The van der Waals surface area contributed by atoms with Crippen LogP contribution >= 0.6 is 0 Å². The summed E-state index contributed by atoms with van der Waals surface area (Å²) in [6, 6.07) is 3.60. The van der Waals surface area contributed by atoms with E-state index in [2.05, 4.69) is 4.98 Å². The lowest BCUT2D eigenvalue weighted by Gasteiger charge is -2.10. The summed E-state index contributed by atoms with van der Waals surface area (Å²) in [6.45, 7) is 4.00. The van der Waals surface area contributed by atoms with Crippen LogP contribution in [0, 0.1) is 0 Å². The van der Waals surface area contributed by atoms with Crippen molar-refractivity contribution in [3.63, 3.8) is 0 Å². The maximum absolute atomic E-state index is 11.5. The van der Waals surface area contributed by atoms with E-state index in [0.717, 1.165) is 5.56 Å². The van der Waals surface area contributed by atoms with E-state index in [1.54, 1.807) is 29.6 Å². The fourth-order valence-electron chi connectivity index (χ4n) is 1.14. The second-order valence-electron chi connectivity index (χ2n) is 3.24. The minimum atomic E-state index is -0.364. The van der Waals surface area contributed by atoms with Gasteiger partial charge in [-0.1, -0.05) is 19.9 Å². The van der Waals surface area contributed by atoms with Crippen LogP contribution in [0.3, 0.4) is 0 Å². The lowest BCUT2D eigenvalue weighted by Crippen LogP contribution is -2.10. The normalized spacial score (nSPS) is 10.1. The van der Waals surface area contributed by atoms with Gasteiger partial charge in [-0.3, -0.25) is 4.98 Å². The molecule has 0 aliphatic rings. The molecule has 0 fully saturated rings. The molecule has 17 heavy (non-hydrogen) atoms. The molecule has 0 atom stereocenters. The van der Waals surface area contributed by atoms with Crippen LogP contribution < -0.4 is 0 Å². The molecule has 4 nitrogen and oxygen atoms in total. The van der Waals surface area contributed by atoms with E-state index < -0.39 is 0 Å². The largest absolute Gasteiger partial charge is 0.465 e. The molecule has 0 aliphatic carbocycles. The summed E-state index contributed by atoms with van der Waals surface area (Å²) in [5.41, 5.74) is 1.24. The summed E-state index contributed by atoms with van der Waals surface area (Å²) >= 11 is 0. The highest BCUT2D eigenvalue weighted by Gasteiger charge is 2.12. The topological polar surface area (TPSA) is 42.4 Å². The van der Waals surface area contributed by atoms with Crippen molar-refractivity contribution in [1.29, 1.82) is 0 Å². The van der Waals surface area contributed by atoms with Gasteiger partial charge < -0.3 is 9.64 Å². The van der Waals surface area contributed by atoms with Crippen LogP contribution in [-0.4, -0.2) is 37.1 Å². The number of ether oxygens (including phenoxy) is 1. The predicted molar refractivity (Wildman–Crippen MR) is 69.3 cm³/mol. The van der Waals surface area contributed by atoms with E-state index >= 15 is 0 Å². The van der Waals surface area contributed by atoms with Gasteiger partial charge in [0.2, 0.25) is 0 Å². The fraction of sp³-hybridized carbons (Fsp3) is 0.385. The molecule has 0 saturated carbocycles. The molecule has 0 unspecified atom stereocenters. The van der Waals surface area contributed by atoms with Gasteiger partial charge in [0, 0.05) is 38.3 Å². The van der Waals surface area contributed by atoms with Crippen LogP contribution in [-0.2, 0) is 9.53 Å². The molecule has 0 N–H and O–H groups in total. The average Bonchev–Trinajstić information content (AvgIpc) is 2.38. The summed E-state index contributed by atoms with van der Waals surface area (Å²) < 4.78 is 4.71.